The van der Waals surface area contributed by atoms with Gasteiger partial charge in [-0.2, -0.15) is 0 Å². The van der Waals surface area contributed by atoms with Crippen molar-refractivity contribution in [1.82, 2.24) is 0 Å². The summed E-state index contributed by atoms with van der Waals surface area (Å²) in [4.78, 5) is 38.4. The number of unbranched alkanes of at least 4 members (excludes halogenated alkanes) is 15. The van der Waals surface area contributed by atoms with E-state index in [2.05, 4.69) is 203 Å². The van der Waals surface area contributed by atoms with Gasteiger partial charge in [0.15, 0.2) is 6.10 Å². The summed E-state index contributed by atoms with van der Waals surface area (Å²) in [7, 11) is 0. The minimum atomic E-state index is -0.820. The van der Waals surface area contributed by atoms with Crippen molar-refractivity contribution in [3.05, 3.63) is 182 Å². The summed E-state index contributed by atoms with van der Waals surface area (Å²) in [5.41, 5.74) is 0. The second-order valence-corrected chi connectivity index (χ2v) is 20.5. The molecule has 0 radical (unpaired) electrons. The summed E-state index contributed by atoms with van der Waals surface area (Å²) < 4.78 is 16.9. The van der Waals surface area contributed by atoms with Crippen LogP contribution >= 0.6 is 0 Å². The van der Waals surface area contributed by atoms with Gasteiger partial charge in [0, 0.05) is 19.3 Å². The highest BCUT2D eigenvalue weighted by atomic mass is 16.6. The van der Waals surface area contributed by atoms with Crippen LogP contribution in [0, 0.1) is 0 Å². The van der Waals surface area contributed by atoms with Gasteiger partial charge in [-0.3, -0.25) is 14.4 Å². The van der Waals surface area contributed by atoms with Gasteiger partial charge >= 0.3 is 17.9 Å². The molecule has 1 atom stereocenters. The van der Waals surface area contributed by atoms with Crippen LogP contribution < -0.4 is 0 Å². The van der Waals surface area contributed by atoms with Gasteiger partial charge in [0.2, 0.25) is 0 Å². The standard InChI is InChI=1S/C75H116O6/c1-4-7-10-13-16-19-22-25-28-30-32-34-36-37-39-40-42-44-47-50-53-56-59-62-65-68-74(77)80-71-72(70-79-73(76)67-64-61-58-55-52-49-46-27-24-21-18-15-12-9-6-3)81-75(78)69-66-63-60-57-54-51-48-45-43-41-38-35-33-31-29-26-23-20-17-14-11-8-5-2/h7-12,16-21,25-29,32-35,37,39,41-44,46,52,55,72H,4-6,13-15,22-24,30-31,36,38,40,45,47-51,53-54,56-71H2,1-3H3/b10-7-,11-8-,12-9-,19-16-,20-17-,21-18-,28-25-,29-26-,34-32-,35-33-,39-37-,43-41-,44-42-,46-27-,55-52-. The monoisotopic (exact) mass is 1110 g/mol. The van der Waals surface area contributed by atoms with Crippen LogP contribution in [-0.2, 0) is 28.6 Å². The SMILES string of the molecule is CC/C=C\C/C=C\C/C=C\C/C=C\C/C=C\C/C=C\CCCCCCCCC(=O)OCC(COC(=O)CCCC/C=C\C/C=C\C/C=C\C/C=C\CC)OC(=O)CCCCCCCCC/C=C\C/C=C\C/C=C\C/C=C\C/C=C\CC. The zero-order valence-electron chi connectivity index (χ0n) is 51.7. The molecule has 0 heterocycles. The molecule has 0 N–H and O–H groups in total. The first kappa shape index (κ1) is 75.5. The molecule has 1 unspecified atom stereocenters. The van der Waals surface area contributed by atoms with E-state index in [1.54, 1.807) is 0 Å². The number of carbonyl (C=O) groups is 3. The van der Waals surface area contributed by atoms with Crippen LogP contribution in [0.25, 0.3) is 0 Å². The van der Waals surface area contributed by atoms with E-state index < -0.39 is 6.10 Å². The van der Waals surface area contributed by atoms with Crippen LogP contribution in [0.2, 0.25) is 0 Å². The Balaban J connectivity index is 4.50. The Morgan fingerprint density at radius 3 is 0.716 bits per heavy atom. The first-order valence-corrected chi connectivity index (χ1v) is 32.3. The van der Waals surface area contributed by atoms with E-state index in [-0.39, 0.29) is 31.1 Å². The highest BCUT2D eigenvalue weighted by molar-refractivity contribution is 5.71. The average molecular weight is 1110 g/mol. The third-order valence-electron chi connectivity index (χ3n) is 12.9. The van der Waals surface area contributed by atoms with E-state index in [1.165, 1.54) is 32.1 Å². The Bertz CT molecular complexity index is 1900. The molecular formula is C75H116O6. The second kappa shape index (κ2) is 67.0. The Morgan fingerprint density at radius 1 is 0.247 bits per heavy atom. The fourth-order valence-corrected chi connectivity index (χ4v) is 8.17. The predicted octanol–water partition coefficient (Wildman–Crippen LogP) is 22.4. The van der Waals surface area contributed by atoms with Gasteiger partial charge in [0.05, 0.1) is 0 Å². The van der Waals surface area contributed by atoms with E-state index >= 15 is 0 Å². The maximum absolute atomic E-state index is 12.9. The number of allylic oxidation sites excluding steroid dienone is 30. The average Bonchev–Trinajstić information content (AvgIpc) is 3.47. The van der Waals surface area contributed by atoms with Gasteiger partial charge in [-0.15, -0.1) is 0 Å². The number of hydrogen-bond acceptors (Lipinski definition) is 6. The summed E-state index contributed by atoms with van der Waals surface area (Å²) in [6.07, 6.45) is 100. The lowest BCUT2D eigenvalue weighted by Gasteiger charge is -2.18. The minimum absolute atomic E-state index is 0.113. The molecule has 0 amide bonds. The fraction of sp³-hybridized carbons (Fsp3) is 0.560. The summed E-state index contributed by atoms with van der Waals surface area (Å²) in [6, 6.07) is 0. The summed E-state index contributed by atoms with van der Waals surface area (Å²) >= 11 is 0. The normalized spacial score (nSPS) is 13.4. The van der Waals surface area contributed by atoms with Crippen LogP contribution in [0.5, 0.6) is 0 Å². The highest BCUT2D eigenvalue weighted by Crippen LogP contribution is 2.14. The lowest BCUT2D eigenvalue weighted by Crippen LogP contribution is -2.30. The van der Waals surface area contributed by atoms with Gasteiger partial charge in [-0.25, -0.2) is 0 Å². The quantitative estimate of drug-likeness (QED) is 0.0261. The summed E-state index contributed by atoms with van der Waals surface area (Å²) in [5.74, 6) is -0.987. The molecule has 0 aliphatic carbocycles. The molecule has 0 aliphatic rings. The first-order valence-electron chi connectivity index (χ1n) is 32.3. The second-order valence-electron chi connectivity index (χ2n) is 20.5. The van der Waals surface area contributed by atoms with Gasteiger partial charge in [-0.1, -0.05) is 261 Å². The molecule has 0 aromatic rings. The molecule has 0 aromatic heterocycles. The number of esters is 3. The molecule has 0 aromatic carbocycles. The molecule has 81 heavy (non-hydrogen) atoms. The minimum Gasteiger partial charge on any atom is -0.462 e. The molecular weight excluding hydrogens is 997 g/mol. The van der Waals surface area contributed by atoms with Gasteiger partial charge in [-0.05, 0) is 154 Å². The Hall–Kier alpha value is -5.49. The molecule has 0 bridgehead atoms. The predicted molar refractivity (Wildman–Crippen MR) is 352 cm³/mol. The van der Waals surface area contributed by atoms with Gasteiger partial charge < -0.3 is 14.2 Å². The molecule has 6 nitrogen and oxygen atoms in total. The molecule has 0 aliphatic heterocycles. The van der Waals surface area contributed by atoms with Crippen molar-refractivity contribution in [2.75, 3.05) is 13.2 Å². The molecule has 0 rings (SSSR count). The highest BCUT2D eigenvalue weighted by Gasteiger charge is 2.19. The molecule has 0 spiro atoms. The molecule has 0 saturated carbocycles. The summed E-state index contributed by atoms with van der Waals surface area (Å²) in [5, 5.41) is 0. The lowest BCUT2D eigenvalue weighted by molar-refractivity contribution is -0.167. The number of hydrogen-bond donors (Lipinski definition) is 0. The van der Waals surface area contributed by atoms with Crippen molar-refractivity contribution in [3.8, 4) is 0 Å². The zero-order valence-corrected chi connectivity index (χ0v) is 51.7. The van der Waals surface area contributed by atoms with E-state index in [4.69, 9.17) is 14.2 Å². The fourth-order valence-electron chi connectivity index (χ4n) is 8.17. The largest absolute Gasteiger partial charge is 0.462 e. The van der Waals surface area contributed by atoms with Crippen LogP contribution in [0.1, 0.15) is 252 Å². The topological polar surface area (TPSA) is 78.9 Å². The molecule has 0 fully saturated rings. The zero-order chi connectivity index (χ0) is 58.5. The maximum Gasteiger partial charge on any atom is 0.306 e. The van der Waals surface area contributed by atoms with E-state index in [1.807, 2.05) is 0 Å². The van der Waals surface area contributed by atoms with Crippen LogP contribution in [-0.4, -0.2) is 37.2 Å². The van der Waals surface area contributed by atoms with Crippen molar-refractivity contribution < 1.29 is 28.6 Å². The van der Waals surface area contributed by atoms with Gasteiger partial charge in [0.25, 0.3) is 0 Å². The number of carbonyl (C=O) groups excluding carboxylic acids is 3. The van der Waals surface area contributed by atoms with Crippen molar-refractivity contribution in [2.45, 2.75) is 258 Å². The smallest absolute Gasteiger partial charge is 0.306 e. The third kappa shape index (κ3) is 65.2. The van der Waals surface area contributed by atoms with Gasteiger partial charge in [0.1, 0.15) is 13.2 Å². The lowest BCUT2D eigenvalue weighted by atomic mass is 10.1. The van der Waals surface area contributed by atoms with Crippen LogP contribution in [0.15, 0.2) is 182 Å². The van der Waals surface area contributed by atoms with E-state index in [0.29, 0.717) is 25.7 Å². The van der Waals surface area contributed by atoms with Crippen LogP contribution in [0.4, 0.5) is 0 Å². The Kier molecular flexibility index (Phi) is 62.5. The molecule has 6 heteroatoms. The van der Waals surface area contributed by atoms with Crippen molar-refractivity contribution in [2.24, 2.45) is 0 Å². The molecule has 0 saturated heterocycles. The molecule has 452 valence electrons. The van der Waals surface area contributed by atoms with E-state index in [9.17, 15) is 14.4 Å². The van der Waals surface area contributed by atoms with Crippen molar-refractivity contribution in [1.29, 1.82) is 0 Å². The summed E-state index contributed by atoms with van der Waals surface area (Å²) in [6.45, 7) is 6.23. The number of rotatable bonds is 56. The Labute approximate surface area is 497 Å². The van der Waals surface area contributed by atoms with E-state index in [0.717, 1.165) is 173 Å². The third-order valence-corrected chi connectivity index (χ3v) is 12.9. The first-order chi connectivity index (χ1) is 40.0. The van der Waals surface area contributed by atoms with Crippen molar-refractivity contribution >= 4 is 17.9 Å². The Morgan fingerprint density at radius 2 is 0.444 bits per heavy atom. The van der Waals surface area contributed by atoms with Crippen molar-refractivity contribution in [3.63, 3.8) is 0 Å². The maximum atomic E-state index is 12.9. The number of ether oxygens (including phenoxy) is 3. The van der Waals surface area contributed by atoms with Crippen LogP contribution in [0.3, 0.4) is 0 Å².